The number of pyridine rings is 1. The van der Waals surface area contributed by atoms with Gasteiger partial charge in [-0.1, -0.05) is 18.2 Å². The maximum atomic E-state index is 12.3. The van der Waals surface area contributed by atoms with Gasteiger partial charge in [-0.3, -0.25) is 4.79 Å². The van der Waals surface area contributed by atoms with Gasteiger partial charge in [0.05, 0.1) is 6.04 Å². The lowest BCUT2D eigenvalue weighted by Gasteiger charge is -2.34. The van der Waals surface area contributed by atoms with Crippen molar-refractivity contribution in [2.24, 2.45) is 5.73 Å². The van der Waals surface area contributed by atoms with Crippen molar-refractivity contribution >= 4 is 16.9 Å². The summed E-state index contributed by atoms with van der Waals surface area (Å²) in [6.45, 7) is 0.617. The summed E-state index contributed by atoms with van der Waals surface area (Å²) in [5.41, 5.74) is 6.73. The zero-order valence-electron chi connectivity index (χ0n) is 11.1. The number of rotatable bonds is 1. The number of hydrogen-bond acceptors (Lipinski definition) is 2. The van der Waals surface area contributed by atoms with E-state index in [1.807, 2.05) is 30.3 Å². The monoisotopic (exact) mass is 271 g/mol. The first-order chi connectivity index (χ1) is 9.66. The molecule has 0 saturated carbocycles. The topological polar surface area (TPSA) is 79.2 Å². The normalized spacial score (nSPS) is 19.2. The third kappa shape index (κ3) is 2.15. The van der Waals surface area contributed by atoms with E-state index < -0.39 is 6.03 Å². The molecule has 1 aliphatic rings. The maximum absolute atomic E-state index is 12.3. The smallest absolute Gasteiger partial charge is 0.315 e. The van der Waals surface area contributed by atoms with Crippen molar-refractivity contribution in [2.75, 3.05) is 6.54 Å². The van der Waals surface area contributed by atoms with E-state index in [0.717, 1.165) is 30.2 Å². The van der Waals surface area contributed by atoms with Crippen LogP contribution in [0.3, 0.4) is 0 Å². The van der Waals surface area contributed by atoms with Crippen LogP contribution in [0, 0.1) is 0 Å². The van der Waals surface area contributed by atoms with Crippen molar-refractivity contribution < 1.29 is 4.79 Å². The van der Waals surface area contributed by atoms with Crippen LogP contribution in [0.25, 0.3) is 10.9 Å². The summed E-state index contributed by atoms with van der Waals surface area (Å²) in [5.74, 6) is 0. The molecule has 0 aliphatic carbocycles. The summed E-state index contributed by atoms with van der Waals surface area (Å²) in [6, 6.07) is 8.84. The fraction of sp³-hybridized carbons (Fsp3) is 0.333. The van der Waals surface area contributed by atoms with E-state index in [4.69, 9.17) is 5.73 Å². The number of likely N-dealkylation sites (tertiary alicyclic amines) is 1. The van der Waals surface area contributed by atoms with Gasteiger partial charge in [-0.25, -0.2) is 4.79 Å². The number of amides is 2. The highest BCUT2D eigenvalue weighted by Crippen LogP contribution is 2.29. The molecule has 5 heteroatoms. The Labute approximate surface area is 116 Å². The number of urea groups is 1. The third-order valence-electron chi connectivity index (χ3n) is 3.93. The maximum Gasteiger partial charge on any atom is 0.315 e. The van der Waals surface area contributed by atoms with E-state index in [9.17, 15) is 9.59 Å². The Bertz CT molecular complexity index is 708. The fourth-order valence-corrected chi connectivity index (χ4v) is 2.93. The number of aromatic nitrogens is 1. The molecule has 1 aliphatic heterocycles. The summed E-state index contributed by atoms with van der Waals surface area (Å²) in [4.78, 5) is 28.3. The molecule has 1 atom stereocenters. The van der Waals surface area contributed by atoms with Crippen LogP contribution in [-0.2, 0) is 0 Å². The van der Waals surface area contributed by atoms with Crippen LogP contribution in [0.15, 0.2) is 35.1 Å². The highest BCUT2D eigenvalue weighted by molar-refractivity contribution is 5.79. The Morgan fingerprint density at radius 2 is 2.10 bits per heavy atom. The number of benzene rings is 1. The van der Waals surface area contributed by atoms with E-state index in [-0.39, 0.29) is 11.6 Å². The number of H-pyrrole nitrogens is 1. The number of nitrogens with zero attached hydrogens (tertiary/aromatic N) is 1. The molecule has 1 aromatic carbocycles. The van der Waals surface area contributed by atoms with Crippen LogP contribution in [-0.4, -0.2) is 22.5 Å². The number of fused-ring (bicyclic) bond motifs is 1. The summed E-state index contributed by atoms with van der Waals surface area (Å²) >= 11 is 0. The number of primary amides is 1. The SMILES string of the molecule is NC(=O)N1CCCCC1c1cc2ccccc2[nH]c1=O. The molecule has 1 fully saturated rings. The minimum Gasteiger partial charge on any atom is -0.351 e. The van der Waals surface area contributed by atoms with Gasteiger partial charge in [0, 0.05) is 17.6 Å². The van der Waals surface area contributed by atoms with Gasteiger partial charge in [0.1, 0.15) is 0 Å². The Hall–Kier alpha value is -2.30. The minimum absolute atomic E-state index is 0.137. The standard InChI is InChI=1S/C15H17N3O2/c16-15(20)18-8-4-3-7-13(18)11-9-10-5-1-2-6-12(10)17-14(11)19/h1-2,5-6,9,13H,3-4,7-8H2,(H2,16,20)(H,17,19). The first kappa shape index (κ1) is 12.7. The second-order valence-electron chi connectivity index (χ2n) is 5.18. The predicted octanol–water partition coefficient (Wildman–Crippen LogP) is 2.13. The number of piperidine rings is 1. The van der Waals surface area contributed by atoms with Crippen LogP contribution < -0.4 is 11.3 Å². The van der Waals surface area contributed by atoms with Gasteiger partial charge < -0.3 is 15.6 Å². The van der Waals surface area contributed by atoms with Gasteiger partial charge in [0.15, 0.2) is 0 Å². The van der Waals surface area contributed by atoms with Crippen molar-refractivity contribution in [3.63, 3.8) is 0 Å². The molecule has 1 unspecified atom stereocenters. The lowest BCUT2D eigenvalue weighted by molar-refractivity contribution is 0.159. The van der Waals surface area contributed by atoms with Crippen LogP contribution in [0.4, 0.5) is 4.79 Å². The second-order valence-corrected chi connectivity index (χ2v) is 5.18. The van der Waals surface area contributed by atoms with E-state index in [1.165, 1.54) is 0 Å². The Kier molecular flexibility index (Phi) is 3.18. The van der Waals surface area contributed by atoms with Gasteiger partial charge >= 0.3 is 6.03 Å². The molecular formula is C15H17N3O2. The van der Waals surface area contributed by atoms with Crippen LogP contribution in [0.5, 0.6) is 0 Å². The largest absolute Gasteiger partial charge is 0.351 e. The Morgan fingerprint density at radius 1 is 1.30 bits per heavy atom. The molecule has 2 amide bonds. The quantitative estimate of drug-likeness (QED) is 0.833. The van der Waals surface area contributed by atoms with E-state index in [1.54, 1.807) is 4.90 Å². The van der Waals surface area contributed by atoms with Gasteiger partial charge in [-0.15, -0.1) is 0 Å². The van der Waals surface area contributed by atoms with E-state index >= 15 is 0 Å². The number of carbonyl (C=O) groups is 1. The van der Waals surface area contributed by atoms with Gasteiger partial charge in [-0.05, 0) is 36.8 Å². The van der Waals surface area contributed by atoms with Gasteiger partial charge in [0.25, 0.3) is 5.56 Å². The van der Waals surface area contributed by atoms with Crippen molar-refractivity contribution in [2.45, 2.75) is 25.3 Å². The third-order valence-corrected chi connectivity index (χ3v) is 3.93. The fourth-order valence-electron chi connectivity index (χ4n) is 2.93. The first-order valence-corrected chi connectivity index (χ1v) is 6.85. The first-order valence-electron chi connectivity index (χ1n) is 6.85. The molecule has 5 nitrogen and oxygen atoms in total. The molecule has 3 rings (SSSR count). The summed E-state index contributed by atoms with van der Waals surface area (Å²) < 4.78 is 0. The van der Waals surface area contributed by atoms with Crippen molar-refractivity contribution in [1.82, 2.24) is 9.88 Å². The summed E-state index contributed by atoms with van der Waals surface area (Å²) in [6.07, 6.45) is 2.72. The molecule has 0 spiro atoms. The number of para-hydroxylation sites is 1. The zero-order valence-corrected chi connectivity index (χ0v) is 11.1. The number of aromatic amines is 1. The lowest BCUT2D eigenvalue weighted by atomic mass is 9.95. The zero-order chi connectivity index (χ0) is 14.1. The average Bonchev–Trinajstić information content (AvgIpc) is 2.46. The molecule has 1 saturated heterocycles. The van der Waals surface area contributed by atoms with Crippen LogP contribution in [0.2, 0.25) is 0 Å². The predicted molar refractivity (Wildman–Crippen MR) is 77.5 cm³/mol. The minimum atomic E-state index is -0.456. The lowest BCUT2D eigenvalue weighted by Crippen LogP contribution is -2.43. The molecule has 3 N–H and O–H groups in total. The molecule has 104 valence electrons. The average molecular weight is 271 g/mol. The Balaban J connectivity index is 2.10. The van der Waals surface area contributed by atoms with E-state index in [0.29, 0.717) is 12.1 Å². The molecule has 2 heterocycles. The van der Waals surface area contributed by atoms with Crippen molar-refractivity contribution in [1.29, 1.82) is 0 Å². The van der Waals surface area contributed by atoms with Crippen molar-refractivity contribution in [3.8, 4) is 0 Å². The number of nitrogens with two attached hydrogens (primary N) is 1. The summed E-state index contributed by atoms with van der Waals surface area (Å²) in [7, 11) is 0. The molecule has 0 bridgehead atoms. The van der Waals surface area contributed by atoms with Gasteiger partial charge in [0.2, 0.25) is 0 Å². The molecule has 2 aromatic rings. The van der Waals surface area contributed by atoms with Crippen molar-refractivity contribution in [3.05, 3.63) is 46.2 Å². The molecule has 0 radical (unpaired) electrons. The number of carbonyl (C=O) groups excluding carboxylic acids is 1. The molecule has 20 heavy (non-hydrogen) atoms. The number of nitrogens with one attached hydrogen (secondary N) is 1. The second kappa shape index (κ2) is 5.00. The van der Waals surface area contributed by atoms with Crippen LogP contribution >= 0.6 is 0 Å². The van der Waals surface area contributed by atoms with Gasteiger partial charge in [-0.2, -0.15) is 0 Å². The molecule has 1 aromatic heterocycles. The molecular weight excluding hydrogens is 254 g/mol. The highest BCUT2D eigenvalue weighted by Gasteiger charge is 2.28. The van der Waals surface area contributed by atoms with Crippen LogP contribution in [0.1, 0.15) is 30.9 Å². The number of hydrogen-bond donors (Lipinski definition) is 2. The summed E-state index contributed by atoms with van der Waals surface area (Å²) in [5, 5.41) is 0.970. The highest BCUT2D eigenvalue weighted by atomic mass is 16.2. The van der Waals surface area contributed by atoms with E-state index in [2.05, 4.69) is 4.98 Å². The Morgan fingerprint density at radius 3 is 2.90 bits per heavy atom.